The summed E-state index contributed by atoms with van der Waals surface area (Å²) in [6.07, 6.45) is 5.71. The minimum atomic E-state index is -0.100. The third kappa shape index (κ3) is 3.38. The summed E-state index contributed by atoms with van der Waals surface area (Å²) >= 11 is 2.38. The van der Waals surface area contributed by atoms with Crippen LogP contribution in [0.15, 0.2) is 12.4 Å². The zero-order valence-corrected chi connectivity index (χ0v) is 13.8. The van der Waals surface area contributed by atoms with Gasteiger partial charge in [-0.2, -0.15) is 5.10 Å². The average molecular weight is 387 g/mol. The number of anilines is 2. The lowest BCUT2D eigenvalue weighted by atomic mass is 10.2. The maximum Gasteiger partial charge on any atom is 0.221 e. The number of amides is 1. The molecular weight excluding hydrogens is 369 g/mol. The third-order valence-electron chi connectivity index (χ3n) is 3.02. The standard InChI is InChI=1S/C13H18IN5O/c1-9(20)17-11-8-15-13-10(7-16-18-13)12(11)19(2)6-4-3-5-14/h7-8H,3-6H2,1-2H3,(H,17,20)(H,15,16,18). The topological polar surface area (TPSA) is 73.9 Å². The van der Waals surface area contributed by atoms with Crippen LogP contribution < -0.4 is 10.2 Å². The Morgan fingerprint density at radius 1 is 1.45 bits per heavy atom. The third-order valence-corrected chi connectivity index (χ3v) is 3.78. The van der Waals surface area contributed by atoms with Crippen LogP contribution in [0.2, 0.25) is 0 Å². The van der Waals surface area contributed by atoms with Gasteiger partial charge in [0, 0.05) is 20.5 Å². The number of nitrogens with zero attached hydrogens (tertiary/aromatic N) is 3. The molecule has 0 bridgehead atoms. The quantitative estimate of drug-likeness (QED) is 0.454. The molecule has 0 aliphatic carbocycles. The average Bonchev–Trinajstić information content (AvgIpc) is 2.86. The summed E-state index contributed by atoms with van der Waals surface area (Å²) in [5.74, 6) is -0.100. The Morgan fingerprint density at radius 3 is 2.95 bits per heavy atom. The highest BCUT2D eigenvalue weighted by Gasteiger charge is 2.15. The molecule has 0 saturated heterocycles. The van der Waals surface area contributed by atoms with Gasteiger partial charge in [0.05, 0.1) is 29.2 Å². The number of aromatic amines is 1. The second-order valence-corrected chi connectivity index (χ2v) is 5.73. The smallest absolute Gasteiger partial charge is 0.221 e. The molecule has 7 heteroatoms. The van der Waals surface area contributed by atoms with E-state index in [4.69, 9.17) is 0 Å². The Balaban J connectivity index is 2.35. The van der Waals surface area contributed by atoms with Gasteiger partial charge in [-0.05, 0) is 17.3 Å². The maximum atomic E-state index is 11.3. The Morgan fingerprint density at radius 2 is 2.25 bits per heavy atom. The normalized spacial score (nSPS) is 10.8. The molecule has 0 fully saturated rings. The largest absolute Gasteiger partial charge is 0.372 e. The van der Waals surface area contributed by atoms with Crippen LogP contribution in [0.25, 0.3) is 11.0 Å². The molecule has 108 valence electrons. The predicted molar refractivity (Wildman–Crippen MR) is 89.6 cm³/mol. The molecule has 0 radical (unpaired) electrons. The highest BCUT2D eigenvalue weighted by atomic mass is 127. The van der Waals surface area contributed by atoms with E-state index in [0.29, 0.717) is 0 Å². The van der Waals surface area contributed by atoms with Crippen molar-refractivity contribution in [3.05, 3.63) is 12.4 Å². The van der Waals surface area contributed by atoms with Gasteiger partial charge < -0.3 is 10.2 Å². The van der Waals surface area contributed by atoms with E-state index >= 15 is 0 Å². The van der Waals surface area contributed by atoms with Gasteiger partial charge in [0.1, 0.15) is 0 Å². The van der Waals surface area contributed by atoms with Crippen molar-refractivity contribution >= 4 is 50.9 Å². The number of fused-ring (bicyclic) bond motifs is 1. The van der Waals surface area contributed by atoms with E-state index in [-0.39, 0.29) is 5.91 Å². The summed E-state index contributed by atoms with van der Waals surface area (Å²) in [4.78, 5) is 17.8. The number of alkyl halides is 1. The van der Waals surface area contributed by atoms with E-state index in [0.717, 1.165) is 39.8 Å². The van der Waals surface area contributed by atoms with E-state index in [1.165, 1.54) is 13.3 Å². The molecule has 2 N–H and O–H groups in total. The molecule has 0 aromatic carbocycles. The molecule has 20 heavy (non-hydrogen) atoms. The van der Waals surface area contributed by atoms with Gasteiger partial charge in [0.25, 0.3) is 0 Å². The Labute approximate surface area is 131 Å². The van der Waals surface area contributed by atoms with Crippen molar-refractivity contribution in [2.45, 2.75) is 19.8 Å². The van der Waals surface area contributed by atoms with Crippen LogP contribution in [-0.4, -0.2) is 39.1 Å². The number of pyridine rings is 1. The number of H-pyrrole nitrogens is 1. The summed E-state index contributed by atoms with van der Waals surface area (Å²) in [6, 6.07) is 0. The first-order valence-corrected chi connectivity index (χ1v) is 8.02. The van der Waals surface area contributed by atoms with E-state index in [1.807, 2.05) is 7.05 Å². The lowest BCUT2D eigenvalue weighted by molar-refractivity contribution is -0.114. The molecule has 6 nitrogen and oxygen atoms in total. The fourth-order valence-electron chi connectivity index (χ4n) is 2.13. The number of hydrogen-bond acceptors (Lipinski definition) is 4. The Hall–Kier alpha value is -1.38. The van der Waals surface area contributed by atoms with Crippen LogP contribution in [0.3, 0.4) is 0 Å². The molecule has 0 saturated carbocycles. The summed E-state index contributed by atoms with van der Waals surface area (Å²) in [6.45, 7) is 2.43. The number of aromatic nitrogens is 3. The maximum absolute atomic E-state index is 11.3. The zero-order valence-electron chi connectivity index (χ0n) is 11.6. The minimum Gasteiger partial charge on any atom is -0.372 e. The van der Waals surface area contributed by atoms with Crippen molar-refractivity contribution in [1.29, 1.82) is 0 Å². The second kappa shape index (κ2) is 6.87. The van der Waals surface area contributed by atoms with Crippen molar-refractivity contribution in [3.8, 4) is 0 Å². The number of nitrogens with one attached hydrogen (secondary N) is 2. The van der Waals surface area contributed by atoms with Crippen molar-refractivity contribution < 1.29 is 4.79 Å². The first-order valence-electron chi connectivity index (χ1n) is 6.50. The van der Waals surface area contributed by atoms with E-state index < -0.39 is 0 Å². The molecule has 2 aromatic rings. The highest BCUT2D eigenvalue weighted by molar-refractivity contribution is 14.1. The van der Waals surface area contributed by atoms with Crippen molar-refractivity contribution in [2.75, 3.05) is 28.2 Å². The lowest BCUT2D eigenvalue weighted by Gasteiger charge is -2.22. The zero-order chi connectivity index (χ0) is 14.5. The summed E-state index contributed by atoms with van der Waals surface area (Å²) in [7, 11) is 2.03. The van der Waals surface area contributed by atoms with Crippen LogP contribution in [0.4, 0.5) is 11.4 Å². The summed E-state index contributed by atoms with van der Waals surface area (Å²) in [5, 5.41) is 10.7. The van der Waals surface area contributed by atoms with E-state index in [9.17, 15) is 4.79 Å². The van der Waals surface area contributed by atoms with Gasteiger partial charge in [-0.1, -0.05) is 22.6 Å². The van der Waals surface area contributed by atoms with Gasteiger partial charge in [-0.25, -0.2) is 4.98 Å². The summed E-state index contributed by atoms with van der Waals surface area (Å²) in [5.41, 5.74) is 2.42. The van der Waals surface area contributed by atoms with Crippen molar-refractivity contribution in [1.82, 2.24) is 15.2 Å². The fourth-order valence-corrected chi connectivity index (χ4v) is 2.67. The van der Waals surface area contributed by atoms with Gasteiger partial charge in [0.15, 0.2) is 5.65 Å². The van der Waals surface area contributed by atoms with Crippen LogP contribution in [0.5, 0.6) is 0 Å². The number of unbranched alkanes of at least 4 members (excludes halogenated alkanes) is 1. The first kappa shape index (κ1) is 15.0. The molecule has 2 heterocycles. The highest BCUT2D eigenvalue weighted by Crippen LogP contribution is 2.32. The van der Waals surface area contributed by atoms with Crippen LogP contribution in [-0.2, 0) is 4.79 Å². The number of rotatable bonds is 6. The minimum absolute atomic E-state index is 0.100. The second-order valence-electron chi connectivity index (χ2n) is 4.65. The SMILES string of the molecule is CC(=O)Nc1cnc2[nH]ncc2c1N(C)CCCCI. The molecular formula is C13H18IN5O. The van der Waals surface area contributed by atoms with Crippen LogP contribution in [0.1, 0.15) is 19.8 Å². The monoisotopic (exact) mass is 387 g/mol. The Bertz CT molecular complexity index is 597. The number of carbonyl (C=O) groups excluding carboxylic acids is 1. The summed E-state index contributed by atoms with van der Waals surface area (Å²) < 4.78 is 1.15. The molecule has 0 atom stereocenters. The van der Waals surface area contributed by atoms with Crippen LogP contribution >= 0.6 is 22.6 Å². The number of carbonyl (C=O) groups is 1. The molecule has 0 unspecified atom stereocenters. The lowest BCUT2D eigenvalue weighted by Crippen LogP contribution is -2.21. The van der Waals surface area contributed by atoms with Gasteiger partial charge in [-0.3, -0.25) is 9.89 Å². The molecule has 2 rings (SSSR count). The van der Waals surface area contributed by atoms with E-state index in [1.54, 1.807) is 12.4 Å². The number of hydrogen-bond donors (Lipinski definition) is 2. The van der Waals surface area contributed by atoms with Gasteiger partial charge in [-0.15, -0.1) is 0 Å². The molecule has 1 amide bonds. The van der Waals surface area contributed by atoms with Gasteiger partial charge in [0.2, 0.25) is 5.91 Å². The van der Waals surface area contributed by atoms with Gasteiger partial charge >= 0.3 is 0 Å². The molecule has 2 aromatic heterocycles. The fraction of sp³-hybridized carbons (Fsp3) is 0.462. The Kier molecular flexibility index (Phi) is 5.16. The first-order chi connectivity index (χ1) is 9.63. The van der Waals surface area contributed by atoms with Crippen LogP contribution in [0, 0.1) is 0 Å². The van der Waals surface area contributed by atoms with E-state index in [2.05, 4.69) is 48.0 Å². The molecule has 0 spiro atoms. The van der Waals surface area contributed by atoms with Crippen molar-refractivity contribution in [3.63, 3.8) is 0 Å². The molecule has 0 aliphatic rings. The van der Waals surface area contributed by atoms with Crippen molar-refractivity contribution in [2.24, 2.45) is 0 Å². The molecule has 0 aliphatic heterocycles. The number of halogens is 1. The predicted octanol–water partition coefficient (Wildman–Crippen LogP) is 2.57.